The van der Waals surface area contributed by atoms with Crippen molar-refractivity contribution in [2.24, 2.45) is 0 Å². The summed E-state index contributed by atoms with van der Waals surface area (Å²) >= 11 is 0. The average Bonchev–Trinajstić information content (AvgIpc) is 2.59. The lowest BCUT2D eigenvalue weighted by atomic mass is 10.1. The molecule has 1 aliphatic rings. The Balaban J connectivity index is 2.35. The maximum Gasteiger partial charge on any atom is 0.303 e. The second kappa shape index (κ2) is 8.08. The highest BCUT2D eigenvalue weighted by Crippen LogP contribution is 2.18. The van der Waals surface area contributed by atoms with E-state index in [4.69, 9.17) is 5.11 Å². The lowest BCUT2D eigenvalue weighted by Crippen LogP contribution is -2.42. The van der Waals surface area contributed by atoms with Crippen molar-refractivity contribution in [2.45, 2.75) is 57.4 Å². The van der Waals surface area contributed by atoms with Crippen LogP contribution < -0.4 is 0 Å². The van der Waals surface area contributed by atoms with E-state index in [9.17, 15) is 14.7 Å². The number of unbranched alkanes of at least 4 members (excludes halogenated alkanes) is 1. The van der Waals surface area contributed by atoms with Crippen LogP contribution in [0.3, 0.4) is 0 Å². The van der Waals surface area contributed by atoms with Gasteiger partial charge in [0.15, 0.2) is 0 Å². The molecule has 0 aromatic carbocycles. The Labute approximate surface area is 108 Å². The van der Waals surface area contributed by atoms with Gasteiger partial charge in [-0.05, 0) is 25.7 Å². The van der Waals surface area contributed by atoms with Crippen LogP contribution in [0.1, 0.15) is 51.4 Å². The van der Waals surface area contributed by atoms with Gasteiger partial charge in [-0.15, -0.1) is 0 Å². The molecule has 0 saturated carbocycles. The van der Waals surface area contributed by atoms with Crippen LogP contribution in [0.25, 0.3) is 0 Å². The van der Waals surface area contributed by atoms with Gasteiger partial charge < -0.3 is 15.1 Å². The van der Waals surface area contributed by atoms with E-state index in [1.807, 2.05) is 0 Å². The molecule has 0 aromatic rings. The number of carbonyl (C=O) groups is 2. The highest BCUT2D eigenvalue weighted by atomic mass is 16.4. The molecular weight excluding hydrogens is 234 g/mol. The number of aliphatic carboxylic acids is 1. The molecule has 1 atom stereocenters. The maximum atomic E-state index is 12.0. The van der Waals surface area contributed by atoms with E-state index >= 15 is 0 Å². The fourth-order valence-electron chi connectivity index (χ4n) is 2.39. The maximum absolute atomic E-state index is 12.0. The summed E-state index contributed by atoms with van der Waals surface area (Å²) in [7, 11) is 0. The zero-order valence-electron chi connectivity index (χ0n) is 10.8. The molecule has 0 aromatic heterocycles. The number of amides is 1. The standard InChI is InChI=1S/C13H23NO4/c15-10-11-6-2-1-5-9-14(11)12(16)7-3-4-8-13(17)18/h11,15H,1-10H2,(H,17,18). The summed E-state index contributed by atoms with van der Waals surface area (Å²) in [6.45, 7) is 0.754. The summed E-state index contributed by atoms with van der Waals surface area (Å²) in [5, 5.41) is 17.8. The number of hydrogen-bond donors (Lipinski definition) is 2. The van der Waals surface area contributed by atoms with Gasteiger partial charge in [-0.1, -0.05) is 12.8 Å². The molecule has 1 saturated heterocycles. The average molecular weight is 257 g/mol. The van der Waals surface area contributed by atoms with E-state index in [0.29, 0.717) is 19.3 Å². The number of likely N-dealkylation sites (tertiary alicyclic amines) is 1. The van der Waals surface area contributed by atoms with Gasteiger partial charge in [0.25, 0.3) is 0 Å². The molecule has 1 amide bonds. The van der Waals surface area contributed by atoms with Crippen molar-refractivity contribution in [1.29, 1.82) is 0 Å². The lowest BCUT2D eigenvalue weighted by Gasteiger charge is -2.28. The van der Waals surface area contributed by atoms with Gasteiger partial charge in [0.2, 0.25) is 5.91 Å². The van der Waals surface area contributed by atoms with Crippen LogP contribution in [0.2, 0.25) is 0 Å². The van der Waals surface area contributed by atoms with Gasteiger partial charge in [0.05, 0.1) is 12.6 Å². The van der Waals surface area contributed by atoms with Crippen molar-refractivity contribution in [3.63, 3.8) is 0 Å². The molecule has 0 aliphatic carbocycles. The number of aliphatic hydroxyl groups excluding tert-OH is 1. The van der Waals surface area contributed by atoms with Crippen molar-refractivity contribution < 1.29 is 19.8 Å². The number of carboxylic acid groups (broad SMARTS) is 1. The molecule has 0 spiro atoms. The minimum absolute atomic E-state index is 0.0286. The largest absolute Gasteiger partial charge is 0.481 e. The van der Waals surface area contributed by atoms with Crippen LogP contribution in [0.5, 0.6) is 0 Å². The highest BCUT2D eigenvalue weighted by Gasteiger charge is 2.24. The highest BCUT2D eigenvalue weighted by molar-refractivity contribution is 5.76. The molecular formula is C13H23NO4. The summed E-state index contributed by atoms with van der Waals surface area (Å²) in [4.78, 5) is 24.2. The van der Waals surface area contributed by atoms with Gasteiger partial charge in [-0.2, -0.15) is 0 Å². The first-order chi connectivity index (χ1) is 8.65. The third-order valence-corrected chi connectivity index (χ3v) is 3.44. The molecule has 0 radical (unpaired) electrons. The van der Waals surface area contributed by atoms with Crippen molar-refractivity contribution in [3.8, 4) is 0 Å². The fraction of sp³-hybridized carbons (Fsp3) is 0.846. The second-order valence-electron chi connectivity index (χ2n) is 4.87. The Morgan fingerprint density at radius 3 is 2.50 bits per heavy atom. The van der Waals surface area contributed by atoms with E-state index < -0.39 is 5.97 Å². The van der Waals surface area contributed by atoms with E-state index in [1.54, 1.807) is 4.90 Å². The molecule has 104 valence electrons. The normalized spacial score (nSPS) is 20.5. The molecule has 2 N–H and O–H groups in total. The molecule has 0 bridgehead atoms. The van der Waals surface area contributed by atoms with Gasteiger partial charge in [-0.3, -0.25) is 9.59 Å². The number of carbonyl (C=O) groups excluding carboxylic acids is 1. The van der Waals surface area contributed by atoms with Crippen LogP contribution in [0.4, 0.5) is 0 Å². The molecule has 1 aliphatic heterocycles. The zero-order chi connectivity index (χ0) is 13.4. The minimum atomic E-state index is -0.814. The summed E-state index contributed by atoms with van der Waals surface area (Å²) in [5.74, 6) is -0.758. The van der Waals surface area contributed by atoms with Gasteiger partial charge in [0, 0.05) is 19.4 Å². The topological polar surface area (TPSA) is 77.8 Å². The van der Waals surface area contributed by atoms with E-state index in [1.165, 1.54) is 0 Å². The third-order valence-electron chi connectivity index (χ3n) is 3.44. The summed E-state index contributed by atoms with van der Waals surface area (Å²) in [5.41, 5.74) is 0. The predicted molar refractivity (Wildman–Crippen MR) is 67.2 cm³/mol. The first-order valence-electron chi connectivity index (χ1n) is 6.77. The summed E-state index contributed by atoms with van der Waals surface area (Å²) in [6.07, 6.45) is 5.71. The lowest BCUT2D eigenvalue weighted by molar-refractivity contribution is -0.138. The van der Waals surface area contributed by atoms with E-state index in [-0.39, 0.29) is 25.0 Å². The Morgan fingerprint density at radius 1 is 1.11 bits per heavy atom. The number of hydrogen-bond acceptors (Lipinski definition) is 3. The molecule has 5 heteroatoms. The van der Waals surface area contributed by atoms with Crippen molar-refractivity contribution >= 4 is 11.9 Å². The van der Waals surface area contributed by atoms with Crippen LogP contribution in [0.15, 0.2) is 0 Å². The Morgan fingerprint density at radius 2 is 1.83 bits per heavy atom. The van der Waals surface area contributed by atoms with Gasteiger partial charge in [0.1, 0.15) is 0 Å². The molecule has 1 heterocycles. The smallest absolute Gasteiger partial charge is 0.303 e. The Kier molecular flexibility index (Phi) is 6.72. The number of nitrogens with zero attached hydrogens (tertiary/aromatic N) is 1. The van der Waals surface area contributed by atoms with E-state index in [0.717, 1.165) is 32.2 Å². The molecule has 1 rings (SSSR count). The SMILES string of the molecule is O=C(O)CCCCC(=O)N1CCCCCC1CO. The van der Waals surface area contributed by atoms with Crippen LogP contribution >= 0.6 is 0 Å². The summed E-state index contributed by atoms with van der Waals surface area (Å²) < 4.78 is 0. The Bertz CT molecular complexity index is 280. The number of aliphatic hydroxyl groups is 1. The third kappa shape index (κ3) is 5.04. The van der Waals surface area contributed by atoms with Gasteiger partial charge >= 0.3 is 5.97 Å². The van der Waals surface area contributed by atoms with Crippen molar-refractivity contribution in [2.75, 3.05) is 13.2 Å². The summed E-state index contributed by atoms with van der Waals surface area (Å²) in [6, 6.07) is -0.0422. The first kappa shape index (κ1) is 15.0. The fourth-order valence-corrected chi connectivity index (χ4v) is 2.39. The van der Waals surface area contributed by atoms with Crippen LogP contribution in [0, 0.1) is 0 Å². The quantitative estimate of drug-likeness (QED) is 0.705. The van der Waals surface area contributed by atoms with Crippen molar-refractivity contribution in [3.05, 3.63) is 0 Å². The first-order valence-corrected chi connectivity index (χ1v) is 6.77. The van der Waals surface area contributed by atoms with Crippen LogP contribution in [-0.2, 0) is 9.59 Å². The van der Waals surface area contributed by atoms with Crippen molar-refractivity contribution in [1.82, 2.24) is 4.90 Å². The molecule has 1 fully saturated rings. The minimum Gasteiger partial charge on any atom is -0.481 e. The number of carboxylic acids is 1. The van der Waals surface area contributed by atoms with Gasteiger partial charge in [-0.25, -0.2) is 0 Å². The predicted octanol–water partition coefficient (Wildman–Crippen LogP) is 1.39. The monoisotopic (exact) mass is 257 g/mol. The van der Waals surface area contributed by atoms with E-state index in [2.05, 4.69) is 0 Å². The zero-order valence-corrected chi connectivity index (χ0v) is 10.8. The number of rotatable bonds is 6. The second-order valence-corrected chi connectivity index (χ2v) is 4.87. The Hall–Kier alpha value is -1.10. The molecule has 18 heavy (non-hydrogen) atoms. The molecule has 5 nitrogen and oxygen atoms in total. The van der Waals surface area contributed by atoms with Crippen LogP contribution in [-0.4, -0.2) is 46.2 Å². The molecule has 1 unspecified atom stereocenters.